The summed E-state index contributed by atoms with van der Waals surface area (Å²) in [6, 6.07) is 4.71. The highest BCUT2D eigenvalue weighted by molar-refractivity contribution is 9.10. The highest BCUT2D eigenvalue weighted by Gasteiger charge is 2.15. The van der Waals surface area contributed by atoms with Crippen LogP contribution in [-0.2, 0) is 4.79 Å². The molecule has 0 saturated carbocycles. The molecule has 0 bridgehead atoms. The van der Waals surface area contributed by atoms with Gasteiger partial charge in [0.1, 0.15) is 0 Å². The monoisotopic (exact) mass is 267 g/mol. The summed E-state index contributed by atoms with van der Waals surface area (Å²) in [6.07, 6.45) is 1.74. The van der Waals surface area contributed by atoms with Crippen molar-refractivity contribution in [2.45, 2.75) is 0 Å². The van der Waals surface area contributed by atoms with Gasteiger partial charge < -0.3 is 10.1 Å². The molecule has 1 heterocycles. The van der Waals surface area contributed by atoms with Gasteiger partial charge in [0.2, 0.25) is 0 Å². The van der Waals surface area contributed by atoms with Gasteiger partial charge in [-0.15, -0.1) is 0 Å². The van der Waals surface area contributed by atoms with Crippen LogP contribution in [0.25, 0.3) is 10.9 Å². The number of carboxylic acids is 1. The second-order valence-corrected chi connectivity index (χ2v) is 3.89. The molecule has 0 amide bonds. The number of rotatable bonds is 2. The Labute approximate surface area is 93.0 Å². The molecule has 0 aliphatic rings. The van der Waals surface area contributed by atoms with Crippen molar-refractivity contribution in [3.05, 3.63) is 34.4 Å². The Bertz CT molecular complexity index is 559. The molecule has 0 aliphatic carbocycles. The topological polar surface area (TPSA) is 70.2 Å². The van der Waals surface area contributed by atoms with Crippen LogP contribution in [0.15, 0.2) is 28.9 Å². The predicted molar refractivity (Wildman–Crippen MR) is 58.0 cm³/mol. The van der Waals surface area contributed by atoms with Crippen LogP contribution in [0.2, 0.25) is 0 Å². The van der Waals surface area contributed by atoms with Gasteiger partial charge in [-0.1, -0.05) is 0 Å². The lowest BCUT2D eigenvalue weighted by molar-refractivity contribution is -0.131. The first-order chi connectivity index (χ1) is 7.09. The van der Waals surface area contributed by atoms with E-state index in [-0.39, 0.29) is 5.56 Å². The lowest BCUT2D eigenvalue weighted by atomic mass is 10.1. The average molecular weight is 268 g/mol. The second-order valence-electron chi connectivity index (χ2n) is 3.03. The van der Waals surface area contributed by atoms with Gasteiger partial charge in [-0.05, 0) is 34.1 Å². The van der Waals surface area contributed by atoms with Gasteiger partial charge in [-0.25, -0.2) is 4.79 Å². The third kappa shape index (κ3) is 1.66. The van der Waals surface area contributed by atoms with E-state index in [2.05, 4.69) is 20.9 Å². The molecule has 15 heavy (non-hydrogen) atoms. The number of carboxylic acid groups (broad SMARTS) is 1. The van der Waals surface area contributed by atoms with Gasteiger partial charge in [0.15, 0.2) is 0 Å². The molecule has 0 saturated heterocycles. The van der Waals surface area contributed by atoms with E-state index in [1.807, 2.05) is 0 Å². The SMILES string of the molecule is O=C(O)C(=O)c1ccc2[nH]cc(Br)c2c1. The number of carbonyl (C=O) groups excluding carboxylic acids is 1. The molecule has 2 rings (SSSR count). The van der Waals surface area contributed by atoms with Crippen molar-refractivity contribution in [1.29, 1.82) is 0 Å². The number of benzene rings is 1. The molecule has 0 unspecified atom stereocenters. The van der Waals surface area contributed by atoms with Crippen LogP contribution in [0.3, 0.4) is 0 Å². The number of hydrogen-bond donors (Lipinski definition) is 2. The van der Waals surface area contributed by atoms with Crippen molar-refractivity contribution in [2.75, 3.05) is 0 Å². The van der Waals surface area contributed by atoms with Crippen LogP contribution in [0.5, 0.6) is 0 Å². The number of hydrogen-bond acceptors (Lipinski definition) is 2. The third-order valence-corrected chi connectivity index (χ3v) is 2.74. The maximum Gasteiger partial charge on any atom is 0.377 e. The highest BCUT2D eigenvalue weighted by atomic mass is 79.9. The zero-order chi connectivity index (χ0) is 11.0. The van der Waals surface area contributed by atoms with E-state index in [4.69, 9.17) is 5.11 Å². The number of fused-ring (bicyclic) bond motifs is 1. The number of aliphatic carboxylic acids is 1. The zero-order valence-electron chi connectivity index (χ0n) is 7.45. The highest BCUT2D eigenvalue weighted by Crippen LogP contribution is 2.24. The fourth-order valence-corrected chi connectivity index (χ4v) is 1.79. The second kappa shape index (κ2) is 3.51. The Morgan fingerprint density at radius 1 is 1.33 bits per heavy atom. The van der Waals surface area contributed by atoms with E-state index in [1.54, 1.807) is 18.3 Å². The minimum atomic E-state index is -1.44. The molecule has 76 valence electrons. The normalized spacial score (nSPS) is 10.5. The molecule has 1 aromatic heterocycles. The number of halogens is 1. The maximum atomic E-state index is 11.2. The molecule has 0 aliphatic heterocycles. The summed E-state index contributed by atoms with van der Waals surface area (Å²) in [5.41, 5.74) is 1.03. The van der Waals surface area contributed by atoms with Gasteiger partial charge in [0, 0.05) is 27.1 Å². The lowest BCUT2D eigenvalue weighted by Gasteiger charge is -1.96. The number of carbonyl (C=O) groups is 2. The van der Waals surface area contributed by atoms with Crippen LogP contribution in [0, 0.1) is 0 Å². The Balaban J connectivity index is 2.59. The van der Waals surface area contributed by atoms with Gasteiger partial charge >= 0.3 is 5.97 Å². The Kier molecular flexibility index (Phi) is 2.32. The largest absolute Gasteiger partial charge is 0.475 e. The fraction of sp³-hybridized carbons (Fsp3) is 0. The van der Waals surface area contributed by atoms with E-state index < -0.39 is 11.8 Å². The molecule has 0 radical (unpaired) electrons. The van der Waals surface area contributed by atoms with Gasteiger partial charge in [-0.3, -0.25) is 4.79 Å². The summed E-state index contributed by atoms with van der Waals surface area (Å²) in [4.78, 5) is 24.7. The first-order valence-corrected chi connectivity index (χ1v) is 4.93. The Morgan fingerprint density at radius 2 is 2.07 bits per heavy atom. The molecule has 0 atom stereocenters. The average Bonchev–Trinajstić information content (AvgIpc) is 2.59. The molecule has 0 fully saturated rings. The van der Waals surface area contributed by atoms with Crippen LogP contribution < -0.4 is 0 Å². The van der Waals surface area contributed by atoms with Crippen LogP contribution in [0.4, 0.5) is 0 Å². The van der Waals surface area contributed by atoms with Crippen LogP contribution >= 0.6 is 15.9 Å². The minimum Gasteiger partial charge on any atom is -0.475 e. The number of aromatic nitrogens is 1. The van der Waals surface area contributed by atoms with E-state index >= 15 is 0 Å². The molecular formula is C10H6BrNO3. The van der Waals surface area contributed by atoms with Gasteiger partial charge in [0.25, 0.3) is 5.78 Å². The maximum absolute atomic E-state index is 11.2. The lowest BCUT2D eigenvalue weighted by Crippen LogP contribution is -2.12. The van der Waals surface area contributed by atoms with Gasteiger partial charge in [0.05, 0.1) is 0 Å². The summed E-state index contributed by atoms with van der Waals surface area (Å²) >= 11 is 3.30. The van der Waals surface area contributed by atoms with E-state index in [0.29, 0.717) is 0 Å². The molecule has 4 nitrogen and oxygen atoms in total. The summed E-state index contributed by atoms with van der Waals surface area (Å²) in [7, 11) is 0. The van der Waals surface area contributed by atoms with E-state index in [0.717, 1.165) is 15.4 Å². The van der Waals surface area contributed by atoms with E-state index in [9.17, 15) is 9.59 Å². The van der Waals surface area contributed by atoms with Crippen LogP contribution in [0.1, 0.15) is 10.4 Å². The zero-order valence-corrected chi connectivity index (χ0v) is 9.04. The van der Waals surface area contributed by atoms with Crippen molar-refractivity contribution >= 4 is 38.6 Å². The number of H-pyrrole nitrogens is 1. The quantitative estimate of drug-likeness (QED) is 0.648. The summed E-state index contributed by atoms with van der Waals surface area (Å²) in [6.45, 7) is 0. The van der Waals surface area contributed by atoms with Crippen molar-refractivity contribution in [3.63, 3.8) is 0 Å². The van der Waals surface area contributed by atoms with E-state index in [1.165, 1.54) is 6.07 Å². The molecule has 5 heteroatoms. The first-order valence-electron chi connectivity index (χ1n) is 4.14. The smallest absolute Gasteiger partial charge is 0.377 e. The Hall–Kier alpha value is -1.62. The number of aromatic amines is 1. The van der Waals surface area contributed by atoms with Gasteiger partial charge in [-0.2, -0.15) is 0 Å². The van der Waals surface area contributed by atoms with Crippen molar-refractivity contribution in [2.24, 2.45) is 0 Å². The first kappa shape index (κ1) is 9.92. The third-order valence-electron chi connectivity index (χ3n) is 2.09. The molecular weight excluding hydrogens is 262 g/mol. The summed E-state index contributed by atoms with van der Waals surface area (Å²) in [5, 5.41) is 9.35. The predicted octanol–water partition coefficient (Wildman–Crippen LogP) is 2.20. The minimum absolute atomic E-state index is 0.176. The summed E-state index contributed by atoms with van der Waals surface area (Å²) in [5.74, 6) is -2.34. The standard InChI is InChI=1S/C10H6BrNO3/c11-7-4-12-8-2-1-5(3-6(7)8)9(13)10(14)15/h1-4,12H,(H,14,15). The van der Waals surface area contributed by atoms with Crippen LogP contribution in [-0.4, -0.2) is 21.8 Å². The number of ketones is 1. The molecule has 0 spiro atoms. The summed E-state index contributed by atoms with van der Waals surface area (Å²) < 4.78 is 0.803. The Morgan fingerprint density at radius 3 is 2.73 bits per heavy atom. The van der Waals surface area contributed by atoms with Crippen molar-refractivity contribution < 1.29 is 14.7 Å². The molecule has 2 aromatic rings. The molecule has 2 N–H and O–H groups in total. The van der Waals surface area contributed by atoms with Crippen molar-refractivity contribution in [3.8, 4) is 0 Å². The fourth-order valence-electron chi connectivity index (χ4n) is 1.35. The number of nitrogens with one attached hydrogen (secondary N) is 1. The number of Topliss-reactive ketones (excluding diaryl/α,β-unsaturated/α-hetero) is 1. The molecule has 1 aromatic carbocycles. The van der Waals surface area contributed by atoms with Crippen molar-refractivity contribution in [1.82, 2.24) is 4.98 Å².